The Morgan fingerprint density at radius 1 is 1.25 bits per heavy atom. The van der Waals surface area contributed by atoms with Gasteiger partial charge in [0.2, 0.25) is 5.91 Å². The lowest BCUT2D eigenvalue weighted by Gasteiger charge is -2.34. The molecule has 1 aliphatic heterocycles. The molecular weight excluding hydrogens is 422 g/mol. The lowest BCUT2D eigenvalue weighted by molar-refractivity contribution is -0.125. The summed E-state index contributed by atoms with van der Waals surface area (Å²) in [5.41, 5.74) is 2.34. The van der Waals surface area contributed by atoms with Crippen LogP contribution in [0.2, 0.25) is 5.02 Å². The van der Waals surface area contributed by atoms with E-state index in [1.165, 1.54) is 6.08 Å². The van der Waals surface area contributed by atoms with E-state index >= 15 is 0 Å². The molecule has 0 bridgehead atoms. The molecule has 5 nitrogen and oxygen atoms in total. The van der Waals surface area contributed by atoms with E-state index in [1.807, 2.05) is 63.4 Å². The van der Waals surface area contributed by atoms with Crippen LogP contribution in [0.1, 0.15) is 37.4 Å². The summed E-state index contributed by atoms with van der Waals surface area (Å²) >= 11 is 6.46. The summed E-state index contributed by atoms with van der Waals surface area (Å²) in [4.78, 5) is 27.2. The number of hydrogen-bond acceptors (Lipinski definition) is 3. The number of anilines is 1. The molecule has 0 aliphatic carbocycles. The highest BCUT2D eigenvalue weighted by atomic mass is 35.5. The minimum atomic E-state index is -0.521. The van der Waals surface area contributed by atoms with E-state index in [9.17, 15) is 9.59 Å². The third-order valence-electron chi connectivity index (χ3n) is 6.41. The smallest absolute Gasteiger partial charge is 0.258 e. The van der Waals surface area contributed by atoms with Gasteiger partial charge in [-0.2, -0.15) is 0 Å². The maximum atomic E-state index is 13.0. The number of benzene rings is 2. The third kappa shape index (κ3) is 3.82. The maximum Gasteiger partial charge on any atom is 0.258 e. The number of likely N-dealkylation sites (tertiary alicyclic amines) is 1. The van der Waals surface area contributed by atoms with Gasteiger partial charge in [-0.3, -0.25) is 9.59 Å². The summed E-state index contributed by atoms with van der Waals surface area (Å²) in [5, 5.41) is 5.94. The molecular formula is C26H28ClN3O2. The number of fused-ring (bicyclic) bond motifs is 1. The molecule has 0 radical (unpaired) electrons. The van der Waals surface area contributed by atoms with Gasteiger partial charge in [0.1, 0.15) is 0 Å². The molecule has 1 aliphatic rings. The molecule has 0 saturated carbocycles. The molecule has 1 aromatic heterocycles. The Labute approximate surface area is 193 Å². The fourth-order valence-electron chi connectivity index (χ4n) is 4.66. The zero-order chi connectivity index (χ0) is 23.0. The Hall–Kier alpha value is -3.05. The first kappa shape index (κ1) is 22.2. The van der Waals surface area contributed by atoms with E-state index in [4.69, 9.17) is 11.6 Å². The Morgan fingerprint density at radius 2 is 2.03 bits per heavy atom. The van der Waals surface area contributed by atoms with E-state index in [0.717, 1.165) is 28.6 Å². The van der Waals surface area contributed by atoms with Crippen LogP contribution in [0.25, 0.3) is 10.8 Å². The van der Waals surface area contributed by atoms with Crippen LogP contribution < -0.4 is 10.9 Å². The average molecular weight is 450 g/mol. The lowest BCUT2D eigenvalue weighted by Crippen LogP contribution is -2.40. The van der Waals surface area contributed by atoms with Gasteiger partial charge in [-0.25, -0.2) is 0 Å². The van der Waals surface area contributed by atoms with Crippen molar-refractivity contribution in [2.24, 2.45) is 0 Å². The predicted molar refractivity (Wildman–Crippen MR) is 131 cm³/mol. The van der Waals surface area contributed by atoms with Crippen molar-refractivity contribution in [3.63, 3.8) is 0 Å². The highest BCUT2D eigenvalue weighted by Gasteiger charge is 2.42. The minimum Gasteiger partial charge on any atom is -0.374 e. The molecule has 3 aromatic rings. The summed E-state index contributed by atoms with van der Waals surface area (Å²) in [5.74, 6) is -0.0910. The van der Waals surface area contributed by atoms with Crippen molar-refractivity contribution in [1.29, 1.82) is 0 Å². The maximum absolute atomic E-state index is 13.0. The average Bonchev–Trinajstić information content (AvgIpc) is 3.20. The monoisotopic (exact) mass is 449 g/mol. The number of rotatable bonds is 5. The normalized spacial score (nSPS) is 18.3. The number of halogens is 1. The van der Waals surface area contributed by atoms with Crippen LogP contribution in [0.4, 0.5) is 5.69 Å². The second-order valence-electron chi connectivity index (χ2n) is 8.76. The molecule has 1 amide bonds. The van der Waals surface area contributed by atoms with Gasteiger partial charge in [0.25, 0.3) is 5.56 Å². The van der Waals surface area contributed by atoms with Gasteiger partial charge in [-0.1, -0.05) is 36.4 Å². The van der Waals surface area contributed by atoms with Gasteiger partial charge in [-0.05, 0) is 74.0 Å². The molecule has 32 heavy (non-hydrogen) atoms. The van der Waals surface area contributed by atoms with Crippen LogP contribution in [0.5, 0.6) is 0 Å². The second kappa shape index (κ2) is 8.47. The van der Waals surface area contributed by atoms with Crippen molar-refractivity contribution in [2.75, 3.05) is 18.4 Å². The number of hydrogen-bond donors (Lipinski definition) is 1. The first-order valence-electron chi connectivity index (χ1n) is 10.9. The van der Waals surface area contributed by atoms with Gasteiger partial charge >= 0.3 is 0 Å². The standard InChI is InChI=1S/C26H28ClN3O2/c1-5-24(31)29-14-12-26(16-29,22-7-6-8-23(27)18(22)4)28-20-10-9-19-11-13-30(17(2)3)25(32)21(19)15-20/h5-11,13,15,17,28H,1,12,14,16H2,2-4H3/t26-/m1/s1. The molecule has 166 valence electrons. The van der Waals surface area contributed by atoms with Crippen LogP contribution in [0.15, 0.2) is 66.1 Å². The summed E-state index contributed by atoms with van der Waals surface area (Å²) in [6.45, 7) is 10.7. The van der Waals surface area contributed by atoms with Gasteiger partial charge in [-0.15, -0.1) is 0 Å². The lowest BCUT2D eigenvalue weighted by atomic mass is 9.85. The van der Waals surface area contributed by atoms with Crippen LogP contribution in [-0.2, 0) is 10.3 Å². The molecule has 0 spiro atoms. The zero-order valence-corrected chi connectivity index (χ0v) is 19.4. The number of nitrogens with one attached hydrogen (secondary N) is 1. The van der Waals surface area contributed by atoms with E-state index in [2.05, 4.69) is 18.0 Å². The first-order chi connectivity index (χ1) is 15.3. The Morgan fingerprint density at radius 3 is 2.75 bits per heavy atom. The summed E-state index contributed by atoms with van der Waals surface area (Å²) in [6, 6.07) is 13.8. The van der Waals surface area contributed by atoms with Gasteiger partial charge < -0.3 is 14.8 Å². The Balaban J connectivity index is 1.81. The highest BCUT2D eigenvalue weighted by Crippen LogP contribution is 2.39. The Kier molecular flexibility index (Phi) is 5.87. The molecule has 1 atom stereocenters. The molecule has 0 unspecified atom stereocenters. The summed E-state index contributed by atoms with van der Waals surface area (Å²) in [7, 11) is 0. The highest BCUT2D eigenvalue weighted by molar-refractivity contribution is 6.31. The van der Waals surface area contributed by atoms with E-state index in [1.54, 1.807) is 9.47 Å². The summed E-state index contributed by atoms with van der Waals surface area (Å²) < 4.78 is 1.74. The number of nitrogens with zero attached hydrogens (tertiary/aromatic N) is 2. The molecule has 1 saturated heterocycles. The van der Waals surface area contributed by atoms with Crippen LogP contribution in [0.3, 0.4) is 0 Å². The third-order valence-corrected chi connectivity index (χ3v) is 6.82. The van der Waals surface area contributed by atoms with Crippen molar-refractivity contribution >= 4 is 34.0 Å². The number of aromatic nitrogens is 1. The fraction of sp³-hybridized carbons (Fsp3) is 0.308. The number of amides is 1. The van der Waals surface area contributed by atoms with Crippen molar-refractivity contribution in [3.8, 4) is 0 Å². The largest absolute Gasteiger partial charge is 0.374 e. The number of carbonyl (C=O) groups excluding carboxylic acids is 1. The molecule has 2 heterocycles. The van der Waals surface area contributed by atoms with Gasteiger partial charge in [0.15, 0.2) is 0 Å². The van der Waals surface area contributed by atoms with Crippen molar-refractivity contribution < 1.29 is 4.79 Å². The SMILES string of the molecule is C=CC(=O)N1CC[C@](Nc2ccc3ccn(C(C)C)c(=O)c3c2)(c2cccc(Cl)c2C)C1. The van der Waals surface area contributed by atoms with E-state index in [-0.39, 0.29) is 17.5 Å². The zero-order valence-electron chi connectivity index (χ0n) is 18.7. The Bertz CT molecular complexity index is 1260. The molecule has 1 fully saturated rings. The molecule has 1 N–H and O–H groups in total. The molecule has 2 aromatic carbocycles. The summed E-state index contributed by atoms with van der Waals surface area (Å²) in [6.07, 6.45) is 3.91. The van der Waals surface area contributed by atoms with Crippen LogP contribution >= 0.6 is 11.6 Å². The van der Waals surface area contributed by atoms with E-state index in [0.29, 0.717) is 23.5 Å². The topological polar surface area (TPSA) is 54.3 Å². The minimum absolute atomic E-state index is 0.0102. The van der Waals surface area contributed by atoms with E-state index < -0.39 is 5.54 Å². The van der Waals surface area contributed by atoms with Crippen molar-refractivity contribution in [1.82, 2.24) is 9.47 Å². The van der Waals surface area contributed by atoms with Crippen LogP contribution in [0, 0.1) is 6.92 Å². The second-order valence-corrected chi connectivity index (χ2v) is 9.16. The fourth-order valence-corrected chi connectivity index (χ4v) is 4.83. The molecule has 4 rings (SSSR count). The van der Waals surface area contributed by atoms with Crippen molar-refractivity contribution in [3.05, 3.63) is 87.8 Å². The number of carbonyl (C=O) groups is 1. The quantitative estimate of drug-likeness (QED) is 0.540. The number of pyridine rings is 1. The first-order valence-corrected chi connectivity index (χ1v) is 11.2. The van der Waals surface area contributed by atoms with Gasteiger partial charge in [0, 0.05) is 41.4 Å². The molecule has 6 heteroatoms. The van der Waals surface area contributed by atoms with Gasteiger partial charge in [0.05, 0.1) is 5.54 Å². The van der Waals surface area contributed by atoms with Crippen molar-refractivity contribution in [2.45, 2.75) is 38.8 Å². The van der Waals surface area contributed by atoms with Crippen LogP contribution in [-0.4, -0.2) is 28.5 Å². The predicted octanol–water partition coefficient (Wildman–Crippen LogP) is 5.27.